The van der Waals surface area contributed by atoms with E-state index in [-0.39, 0.29) is 29.5 Å². The molecule has 0 fully saturated rings. The summed E-state index contributed by atoms with van der Waals surface area (Å²) < 4.78 is 45.4. The minimum absolute atomic E-state index is 0.0261. The highest BCUT2D eigenvalue weighted by atomic mass is 32.2. The first-order valence-electron chi connectivity index (χ1n) is 13.6. The summed E-state index contributed by atoms with van der Waals surface area (Å²) >= 11 is 0. The molecule has 0 radical (unpaired) electrons. The molecule has 0 spiro atoms. The van der Waals surface area contributed by atoms with Gasteiger partial charge in [0.15, 0.2) is 0 Å². The molecule has 2 amide bonds. The minimum Gasteiger partial charge on any atom is -0.410 e. The molecule has 0 bridgehead atoms. The minimum atomic E-state index is -4.42. The van der Waals surface area contributed by atoms with Gasteiger partial charge in [-0.15, -0.1) is 0 Å². The summed E-state index contributed by atoms with van der Waals surface area (Å²) in [5.74, 6) is -0.398. The SMILES string of the molecule is CC(C)(COCc1ccccc1)C(OCc1ccccc1)C(=O)Nc1ccccc1S(=O)(=O)NC(=O)Oc1ccccc1. The quantitative estimate of drug-likeness (QED) is 0.195. The van der Waals surface area contributed by atoms with Crippen molar-refractivity contribution in [1.29, 1.82) is 0 Å². The van der Waals surface area contributed by atoms with Crippen LogP contribution in [0.25, 0.3) is 0 Å². The van der Waals surface area contributed by atoms with E-state index in [2.05, 4.69) is 5.32 Å². The fourth-order valence-corrected chi connectivity index (χ4v) is 5.31. The third-order valence-electron chi connectivity index (χ3n) is 6.40. The molecule has 0 aliphatic heterocycles. The fourth-order valence-electron chi connectivity index (χ4n) is 4.28. The normalized spacial score (nSPS) is 12.2. The molecular formula is C33H34N2O7S. The third kappa shape index (κ3) is 9.24. The van der Waals surface area contributed by atoms with Gasteiger partial charge in [0, 0.05) is 5.41 Å². The Morgan fingerprint density at radius 3 is 1.91 bits per heavy atom. The van der Waals surface area contributed by atoms with Crippen LogP contribution in [0.5, 0.6) is 5.75 Å². The maximum absolute atomic E-state index is 13.8. The van der Waals surface area contributed by atoms with Crippen molar-refractivity contribution in [2.75, 3.05) is 11.9 Å². The van der Waals surface area contributed by atoms with Crippen molar-refractivity contribution in [2.45, 2.75) is 38.1 Å². The third-order valence-corrected chi connectivity index (χ3v) is 7.77. The second-order valence-electron chi connectivity index (χ2n) is 10.4. The lowest BCUT2D eigenvalue weighted by Crippen LogP contribution is -2.45. The molecule has 1 atom stereocenters. The zero-order chi connectivity index (χ0) is 30.7. The Morgan fingerprint density at radius 1 is 0.744 bits per heavy atom. The highest BCUT2D eigenvalue weighted by Gasteiger charge is 2.37. The molecule has 224 valence electrons. The second kappa shape index (κ2) is 14.6. The van der Waals surface area contributed by atoms with Crippen molar-refractivity contribution in [3.63, 3.8) is 0 Å². The highest BCUT2D eigenvalue weighted by molar-refractivity contribution is 7.90. The van der Waals surface area contributed by atoms with Crippen molar-refractivity contribution in [1.82, 2.24) is 4.72 Å². The lowest BCUT2D eigenvalue weighted by atomic mass is 9.86. The number of amides is 2. The van der Waals surface area contributed by atoms with Gasteiger partial charge in [-0.25, -0.2) is 17.9 Å². The van der Waals surface area contributed by atoms with Crippen LogP contribution in [-0.4, -0.2) is 33.1 Å². The number of para-hydroxylation sites is 2. The van der Waals surface area contributed by atoms with Crippen LogP contribution >= 0.6 is 0 Å². The molecule has 0 aromatic heterocycles. The van der Waals surface area contributed by atoms with Crippen LogP contribution in [0.4, 0.5) is 10.5 Å². The monoisotopic (exact) mass is 602 g/mol. The predicted molar refractivity (Wildman–Crippen MR) is 163 cm³/mol. The van der Waals surface area contributed by atoms with E-state index < -0.39 is 33.5 Å². The second-order valence-corrected chi connectivity index (χ2v) is 12.1. The van der Waals surface area contributed by atoms with Gasteiger partial charge in [-0.3, -0.25) is 4.79 Å². The van der Waals surface area contributed by atoms with Crippen molar-refractivity contribution in [2.24, 2.45) is 5.41 Å². The Labute approximate surface area is 251 Å². The number of rotatable bonds is 13. The van der Waals surface area contributed by atoms with E-state index in [0.29, 0.717) is 6.61 Å². The van der Waals surface area contributed by atoms with Gasteiger partial charge in [0.05, 0.1) is 25.5 Å². The van der Waals surface area contributed by atoms with Gasteiger partial charge in [0.2, 0.25) is 0 Å². The molecule has 4 rings (SSSR count). The van der Waals surface area contributed by atoms with Gasteiger partial charge in [-0.05, 0) is 35.4 Å². The molecular weight excluding hydrogens is 568 g/mol. The summed E-state index contributed by atoms with van der Waals surface area (Å²) in [5, 5.41) is 2.70. The van der Waals surface area contributed by atoms with Crippen LogP contribution in [-0.2, 0) is 37.5 Å². The lowest BCUT2D eigenvalue weighted by Gasteiger charge is -2.33. The largest absolute Gasteiger partial charge is 0.426 e. The van der Waals surface area contributed by atoms with E-state index >= 15 is 0 Å². The van der Waals surface area contributed by atoms with Gasteiger partial charge in [-0.1, -0.05) is 105 Å². The Balaban J connectivity index is 1.51. The molecule has 10 heteroatoms. The van der Waals surface area contributed by atoms with Crippen LogP contribution in [0, 0.1) is 5.41 Å². The zero-order valence-electron chi connectivity index (χ0n) is 23.9. The number of anilines is 1. The van der Waals surface area contributed by atoms with Crippen molar-refractivity contribution >= 4 is 27.7 Å². The van der Waals surface area contributed by atoms with E-state index in [4.69, 9.17) is 14.2 Å². The zero-order valence-corrected chi connectivity index (χ0v) is 24.8. The van der Waals surface area contributed by atoms with E-state index in [1.165, 1.54) is 30.3 Å². The van der Waals surface area contributed by atoms with Gasteiger partial charge in [0.1, 0.15) is 16.7 Å². The summed E-state index contributed by atoms with van der Waals surface area (Å²) in [7, 11) is -4.42. The Morgan fingerprint density at radius 2 is 1.28 bits per heavy atom. The van der Waals surface area contributed by atoms with Crippen LogP contribution in [0.1, 0.15) is 25.0 Å². The van der Waals surface area contributed by atoms with Crippen molar-refractivity contribution in [3.05, 3.63) is 126 Å². The van der Waals surface area contributed by atoms with E-state index in [9.17, 15) is 18.0 Å². The molecule has 0 saturated carbocycles. The van der Waals surface area contributed by atoms with Crippen LogP contribution in [0.3, 0.4) is 0 Å². The van der Waals surface area contributed by atoms with Gasteiger partial charge in [-0.2, -0.15) is 0 Å². The van der Waals surface area contributed by atoms with Gasteiger partial charge in [0.25, 0.3) is 15.9 Å². The topological polar surface area (TPSA) is 120 Å². The van der Waals surface area contributed by atoms with Crippen LogP contribution < -0.4 is 14.8 Å². The molecule has 4 aromatic rings. The van der Waals surface area contributed by atoms with Gasteiger partial charge < -0.3 is 19.5 Å². The Kier molecular flexibility index (Phi) is 10.7. The number of nitrogens with one attached hydrogen (secondary N) is 2. The molecule has 0 saturated heterocycles. The standard InChI is InChI=1S/C33H34N2O7S/c1-33(2,24-40-22-25-14-6-3-7-15-25)30(41-23-26-16-8-4-9-17-26)31(36)34-28-20-12-13-21-29(28)43(38,39)35-32(37)42-27-18-10-5-11-19-27/h3-21,30H,22-24H2,1-2H3,(H,34,36)(H,35,37). The number of carbonyl (C=O) groups excluding carboxylic acids is 2. The van der Waals surface area contributed by atoms with Crippen LogP contribution in [0.2, 0.25) is 0 Å². The number of benzene rings is 4. The smallest absolute Gasteiger partial charge is 0.410 e. The summed E-state index contributed by atoms with van der Waals surface area (Å²) in [6.45, 7) is 4.37. The first-order chi connectivity index (χ1) is 20.6. The molecule has 0 heterocycles. The Bertz CT molecular complexity index is 1600. The first-order valence-corrected chi connectivity index (χ1v) is 15.1. The average Bonchev–Trinajstić information content (AvgIpc) is 2.98. The fraction of sp³-hybridized carbons (Fsp3) is 0.212. The number of hydrogen-bond donors (Lipinski definition) is 2. The van der Waals surface area contributed by atoms with Gasteiger partial charge >= 0.3 is 6.09 Å². The number of carbonyl (C=O) groups is 2. The summed E-state index contributed by atoms with van der Waals surface area (Å²) in [6, 6.07) is 32.9. The number of ether oxygens (including phenoxy) is 3. The predicted octanol–water partition coefficient (Wildman–Crippen LogP) is 5.93. The maximum atomic E-state index is 13.8. The molecule has 0 aliphatic carbocycles. The molecule has 4 aromatic carbocycles. The van der Waals surface area contributed by atoms with Crippen molar-refractivity contribution in [3.8, 4) is 5.75 Å². The molecule has 0 aliphatic rings. The first kappa shape index (κ1) is 31.4. The summed E-state index contributed by atoms with van der Waals surface area (Å²) in [5.41, 5.74) is 1.01. The van der Waals surface area contributed by atoms with E-state index in [0.717, 1.165) is 11.1 Å². The Hall–Kier alpha value is -4.51. The van der Waals surface area contributed by atoms with E-state index in [1.807, 2.05) is 79.2 Å². The highest BCUT2D eigenvalue weighted by Crippen LogP contribution is 2.29. The average molecular weight is 603 g/mol. The number of sulfonamides is 1. The summed E-state index contributed by atoms with van der Waals surface area (Å²) in [4.78, 5) is 25.8. The molecule has 2 N–H and O–H groups in total. The number of hydrogen-bond acceptors (Lipinski definition) is 7. The molecule has 1 unspecified atom stereocenters. The van der Waals surface area contributed by atoms with Crippen molar-refractivity contribution < 1.29 is 32.2 Å². The van der Waals surface area contributed by atoms with Crippen LogP contribution in [0.15, 0.2) is 120 Å². The van der Waals surface area contributed by atoms with E-state index in [1.54, 1.807) is 24.3 Å². The summed E-state index contributed by atoms with van der Waals surface area (Å²) in [6.07, 6.45) is -2.22. The maximum Gasteiger partial charge on any atom is 0.426 e. The lowest BCUT2D eigenvalue weighted by molar-refractivity contribution is -0.141. The molecule has 43 heavy (non-hydrogen) atoms. The molecule has 9 nitrogen and oxygen atoms in total.